The van der Waals surface area contributed by atoms with Gasteiger partial charge in [0.2, 0.25) is 0 Å². The highest BCUT2D eigenvalue weighted by atomic mass is 35.5. The van der Waals surface area contributed by atoms with Crippen LogP contribution in [0.15, 0.2) is 60.4 Å². The molecule has 0 bridgehead atoms. The molecule has 0 atom stereocenters. The summed E-state index contributed by atoms with van der Waals surface area (Å²) >= 11 is 1.37. The van der Waals surface area contributed by atoms with Crippen LogP contribution in [0.3, 0.4) is 0 Å². The van der Waals surface area contributed by atoms with Crippen LogP contribution in [0.25, 0.3) is 22.6 Å². The molecule has 136 valence electrons. The summed E-state index contributed by atoms with van der Waals surface area (Å²) in [4.78, 5) is 28.7. The number of carbonyl (C=O) groups is 1. The molecule has 0 unspecified atom stereocenters. The first-order valence-electron chi connectivity index (χ1n) is 7.99. The Morgan fingerprint density at radius 3 is 2.44 bits per heavy atom. The molecule has 0 aliphatic heterocycles. The van der Waals surface area contributed by atoms with E-state index in [9.17, 15) is 4.79 Å². The lowest BCUT2D eigenvalue weighted by Gasteiger charge is -2.02. The van der Waals surface area contributed by atoms with E-state index in [-0.39, 0.29) is 18.3 Å². The van der Waals surface area contributed by atoms with Crippen LogP contribution in [0.2, 0.25) is 0 Å². The van der Waals surface area contributed by atoms with E-state index in [0.717, 1.165) is 16.7 Å². The molecule has 0 radical (unpaired) electrons. The molecule has 0 saturated heterocycles. The number of rotatable bonds is 4. The number of imidazole rings is 1. The first-order valence-corrected chi connectivity index (χ1v) is 8.87. The average molecular weight is 398 g/mol. The van der Waals surface area contributed by atoms with Gasteiger partial charge in [-0.05, 0) is 19.1 Å². The molecule has 27 heavy (non-hydrogen) atoms. The Hall–Kier alpha value is -3.03. The predicted octanol–water partition coefficient (Wildman–Crippen LogP) is 4.58. The van der Waals surface area contributed by atoms with E-state index in [1.165, 1.54) is 11.3 Å². The number of amides is 1. The van der Waals surface area contributed by atoms with Crippen LogP contribution in [0.4, 0.5) is 5.13 Å². The van der Waals surface area contributed by atoms with Crippen LogP contribution in [0.1, 0.15) is 16.1 Å². The fraction of sp³-hybridized carbons (Fsp3) is 0.0526. The van der Waals surface area contributed by atoms with E-state index in [2.05, 4.69) is 25.3 Å². The monoisotopic (exact) mass is 397 g/mol. The average Bonchev–Trinajstić information content (AvgIpc) is 3.33. The van der Waals surface area contributed by atoms with E-state index < -0.39 is 0 Å². The summed E-state index contributed by atoms with van der Waals surface area (Å²) < 4.78 is 0. The third-order valence-corrected chi connectivity index (χ3v) is 4.55. The number of aromatic nitrogens is 4. The minimum Gasteiger partial charge on any atom is -0.333 e. The first-order chi connectivity index (χ1) is 12.7. The number of aryl methyl sites for hydroxylation is 1. The first kappa shape index (κ1) is 18.8. The molecule has 0 spiro atoms. The van der Waals surface area contributed by atoms with Crippen molar-refractivity contribution in [3.63, 3.8) is 0 Å². The fourth-order valence-electron chi connectivity index (χ4n) is 2.55. The Balaban J connectivity index is 0.00000210. The van der Waals surface area contributed by atoms with Gasteiger partial charge in [0.25, 0.3) is 5.91 Å². The van der Waals surface area contributed by atoms with Crippen LogP contribution in [0, 0.1) is 6.92 Å². The van der Waals surface area contributed by atoms with Crippen LogP contribution in [0.5, 0.6) is 0 Å². The number of hydrogen-bond donors (Lipinski definition) is 2. The summed E-state index contributed by atoms with van der Waals surface area (Å²) in [5.74, 6) is 0.360. The van der Waals surface area contributed by atoms with Crippen LogP contribution >= 0.6 is 23.7 Å². The summed E-state index contributed by atoms with van der Waals surface area (Å²) in [6, 6.07) is 11.6. The number of hydrogen-bond acceptors (Lipinski definition) is 5. The second-order valence-electron chi connectivity index (χ2n) is 5.70. The second-order valence-corrected chi connectivity index (χ2v) is 6.60. The van der Waals surface area contributed by atoms with Crippen molar-refractivity contribution < 1.29 is 4.79 Å². The van der Waals surface area contributed by atoms with E-state index in [1.54, 1.807) is 18.6 Å². The molecule has 0 aliphatic carbocycles. The van der Waals surface area contributed by atoms with Crippen LogP contribution in [-0.2, 0) is 0 Å². The maximum atomic E-state index is 12.8. The Kier molecular flexibility index (Phi) is 5.63. The molecule has 3 aromatic heterocycles. The maximum Gasteiger partial charge on any atom is 0.276 e. The summed E-state index contributed by atoms with van der Waals surface area (Å²) in [5, 5.41) is 5.16. The van der Waals surface area contributed by atoms with Gasteiger partial charge in [-0.2, -0.15) is 0 Å². The highest BCUT2D eigenvalue weighted by Gasteiger charge is 2.20. The molecule has 4 rings (SSSR count). The molecular formula is C19H16ClN5OS. The largest absolute Gasteiger partial charge is 0.333 e. The highest BCUT2D eigenvalue weighted by Crippen LogP contribution is 2.27. The van der Waals surface area contributed by atoms with Crippen molar-refractivity contribution in [2.75, 3.05) is 5.32 Å². The zero-order chi connectivity index (χ0) is 17.9. The van der Waals surface area contributed by atoms with Crippen molar-refractivity contribution in [1.82, 2.24) is 19.9 Å². The lowest BCUT2D eigenvalue weighted by Crippen LogP contribution is -2.13. The fourth-order valence-corrected chi connectivity index (χ4v) is 3.07. The van der Waals surface area contributed by atoms with E-state index >= 15 is 0 Å². The second kappa shape index (κ2) is 8.11. The molecule has 1 amide bonds. The predicted molar refractivity (Wildman–Crippen MR) is 109 cm³/mol. The third-order valence-electron chi connectivity index (χ3n) is 3.86. The standard InChI is InChI=1S/C19H15N5OS.ClH/c1-12-2-4-14(5-3-12)17-22-15(13-6-8-20-9-7-13)16(23-17)18(25)24-19-21-10-11-26-19;/h2-11H,1H3,(H,22,23)(H,21,24,25);1H. The lowest BCUT2D eigenvalue weighted by molar-refractivity contribution is 0.102. The summed E-state index contributed by atoms with van der Waals surface area (Å²) in [6.07, 6.45) is 5.00. The molecule has 2 N–H and O–H groups in total. The molecular weight excluding hydrogens is 382 g/mol. The molecule has 0 saturated carbocycles. The topological polar surface area (TPSA) is 83.6 Å². The maximum absolute atomic E-state index is 12.8. The van der Waals surface area contributed by atoms with E-state index in [0.29, 0.717) is 22.3 Å². The van der Waals surface area contributed by atoms with Crippen molar-refractivity contribution in [1.29, 1.82) is 0 Å². The summed E-state index contributed by atoms with van der Waals surface area (Å²) in [5.41, 5.74) is 3.87. The van der Waals surface area contributed by atoms with Gasteiger partial charge in [-0.15, -0.1) is 23.7 Å². The van der Waals surface area contributed by atoms with Gasteiger partial charge in [-0.25, -0.2) is 9.97 Å². The van der Waals surface area contributed by atoms with Crippen molar-refractivity contribution in [2.24, 2.45) is 0 Å². The Morgan fingerprint density at radius 2 is 1.78 bits per heavy atom. The quantitative estimate of drug-likeness (QED) is 0.528. The summed E-state index contributed by atoms with van der Waals surface area (Å²) in [6.45, 7) is 2.03. The van der Waals surface area contributed by atoms with Gasteiger partial charge in [0.05, 0.1) is 0 Å². The van der Waals surface area contributed by atoms with Gasteiger partial charge in [0.15, 0.2) is 5.13 Å². The molecule has 0 fully saturated rings. The molecule has 6 nitrogen and oxygen atoms in total. The number of aromatic amines is 1. The van der Waals surface area contributed by atoms with Gasteiger partial charge < -0.3 is 4.98 Å². The van der Waals surface area contributed by atoms with E-state index in [1.807, 2.05) is 48.7 Å². The van der Waals surface area contributed by atoms with Crippen LogP contribution in [-0.4, -0.2) is 25.8 Å². The van der Waals surface area contributed by atoms with Gasteiger partial charge in [-0.1, -0.05) is 29.8 Å². The van der Waals surface area contributed by atoms with Crippen molar-refractivity contribution in [2.45, 2.75) is 6.92 Å². The highest BCUT2D eigenvalue weighted by molar-refractivity contribution is 7.13. The minimum atomic E-state index is -0.280. The van der Waals surface area contributed by atoms with Crippen molar-refractivity contribution in [3.05, 3.63) is 71.6 Å². The Labute approximate surface area is 166 Å². The number of benzene rings is 1. The zero-order valence-corrected chi connectivity index (χ0v) is 16.0. The molecule has 1 aromatic carbocycles. The number of halogens is 1. The minimum absolute atomic E-state index is 0. The van der Waals surface area contributed by atoms with Crippen molar-refractivity contribution in [3.8, 4) is 22.6 Å². The third kappa shape index (κ3) is 4.05. The van der Waals surface area contributed by atoms with Gasteiger partial charge >= 0.3 is 0 Å². The number of H-pyrrole nitrogens is 1. The van der Waals surface area contributed by atoms with Crippen molar-refractivity contribution >= 4 is 34.8 Å². The number of carbonyl (C=O) groups excluding carboxylic acids is 1. The van der Waals surface area contributed by atoms with Crippen LogP contribution < -0.4 is 5.32 Å². The van der Waals surface area contributed by atoms with Gasteiger partial charge in [-0.3, -0.25) is 15.1 Å². The number of nitrogens with one attached hydrogen (secondary N) is 2. The molecule has 0 aliphatic rings. The van der Waals surface area contributed by atoms with Gasteiger partial charge in [0, 0.05) is 35.1 Å². The number of pyridine rings is 1. The Bertz CT molecular complexity index is 1030. The Morgan fingerprint density at radius 1 is 1.04 bits per heavy atom. The lowest BCUT2D eigenvalue weighted by atomic mass is 10.1. The molecule has 4 aromatic rings. The zero-order valence-electron chi connectivity index (χ0n) is 14.3. The number of thiazole rings is 1. The normalized spacial score (nSPS) is 10.3. The summed E-state index contributed by atoms with van der Waals surface area (Å²) in [7, 11) is 0. The molecule has 3 heterocycles. The number of anilines is 1. The number of nitrogens with zero attached hydrogens (tertiary/aromatic N) is 3. The smallest absolute Gasteiger partial charge is 0.276 e. The molecule has 8 heteroatoms. The van der Waals surface area contributed by atoms with Gasteiger partial charge in [0.1, 0.15) is 17.2 Å². The SMILES string of the molecule is Cc1ccc(-c2nc(-c3ccncc3)c(C(=O)Nc3nccs3)[nH]2)cc1.Cl. The van der Waals surface area contributed by atoms with E-state index in [4.69, 9.17) is 0 Å².